The highest BCUT2D eigenvalue weighted by Gasteiger charge is 2.22. The Labute approximate surface area is 123 Å². The second-order valence-corrected chi connectivity index (χ2v) is 6.35. The molecule has 1 unspecified atom stereocenters. The molecule has 0 bridgehead atoms. The molecule has 0 fully saturated rings. The van der Waals surface area contributed by atoms with E-state index in [9.17, 15) is 4.79 Å². The first-order chi connectivity index (χ1) is 9.72. The highest BCUT2D eigenvalue weighted by molar-refractivity contribution is 7.10. The molecule has 1 aliphatic rings. The van der Waals surface area contributed by atoms with Crippen LogP contribution in [0.2, 0.25) is 0 Å². The molecule has 20 heavy (non-hydrogen) atoms. The number of hydrogen-bond acceptors (Lipinski definition) is 3. The Bertz CT molecular complexity index is 658. The maximum atomic E-state index is 12.7. The highest BCUT2D eigenvalue weighted by atomic mass is 32.1. The molecule has 0 saturated heterocycles. The van der Waals surface area contributed by atoms with Gasteiger partial charge >= 0.3 is 0 Å². The van der Waals surface area contributed by atoms with Crippen molar-refractivity contribution in [1.29, 1.82) is 0 Å². The second kappa shape index (κ2) is 5.54. The van der Waals surface area contributed by atoms with Crippen molar-refractivity contribution >= 4 is 11.3 Å². The molecule has 3 rings (SSSR count). The zero-order chi connectivity index (χ0) is 14.1. The summed E-state index contributed by atoms with van der Waals surface area (Å²) in [7, 11) is 0. The van der Waals surface area contributed by atoms with E-state index in [1.165, 1.54) is 11.3 Å². The van der Waals surface area contributed by atoms with Gasteiger partial charge in [0.15, 0.2) is 0 Å². The van der Waals surface area contributed by atoms with Gasteiger partial charge < -0.3 is 10.3 Å². The lowest BCUT2D eigenvalue weighted by atomic mass is 10.0. The number of hydrogen-bond donors (Lipinski definition) is 1. The van der Waals surface area contributed by atoms with Crippen LogP contribution in [0.15, 0.2) is 28.4 Å². The lowest BCUT2D eigenvalue weighted by Crippen LogP contribution is -2.30. The molecule has 0 aromatic carbocycles. The number of thiophene rings is 1. The third-order valence-corrected chi connectivity index (χ3v) is 4.97. The molecule has 1 aliphatic carbocycles. The largest absolute Gasteiger partial charge is 0.319 e. The van der Waals surface area contributed by atoms with Gasteiger partial charge in [0.2, 0.25) is 0 Å². The van der Waals surface area contributed by atoms with E-state index in [1.54, 1.807) is 11.3 Å². The van der Waals surface area contributed by atoms with Gasteiger partial charge in [-0.3, -0.25) is 4.79 Å². The van der Waals surface area contributed by atoms with Crippen LogP contribution < -0.4 is 11.3 Å². The Hall–Kier alpha value is -1.39. The molecule has 3 nitrogen and oxygen atoms in total. The van der Waals surface area contributed by atoms with E-state index in [-0.39, 0.29) is 11.6 Å². The lowest BCUT2D eigenvalue weighted by Gasteiger charge is -2.17. The van der Waals surface area contributed by atoms with Crippen molar-refractivity contribution in [2.24, 2.45) is 5.73 Å². The summed E-state index contributed by atoms with van der Waals surface area (Å²) >= 11 is 1.61. The summed E-state index contributed by atoms with van der Waals surface area (Å²) in [4.78, 5) is 13.8. The van der Waals surface area contributed by atoms with Gasteiger partial charge in [-0.05, 0) is 48.8 Å². The van der Waals surface area contributed by atoms with Gasteiger partial charge in [-0.15, -0.1) is 11.3 Å². The molecule has 106 valence electrons. The first kappa shape index (κ1) is 13.6. The normalized spacial score (nSPS) is 15.3. The number of nitrogens with two attached hydrogens (primary N) is 1. The van der Waals surface area contributed by atoms with Crippen LogP contribution in [0.5, 0.6) is 0 Å². The summed E-state index contributed by atoms with van der Waals surface area (Å²) < 4.78 is 1.96. The van der Waals surface area contributed by atoms with E-state index in [1.807, 2.05) is 22.1 Å². The first-order valence-corrected chi connectivity index (χ1v) is 8.14. The van der Waals surface area contributed by atoms with Crippen molar-refractivity contribution in [2.45, 2.75) is 45.2 Å². The fraction of sp³-hybridized carbons (Fsp3) is 0.438. The number of pyridine rings is 1. The molecular weight excluding hydrogens is 268 g/mol. The third kappa shape index (κ3) is 2.23. The molecule has 0 spiro atoms. The van der Waals surface area contributed by atoms with Crippen molar-refractivity contribution in [2.75, 3.05) is 0 Å². The second-order valence-electron chi connectivity index (χ2n) is 5.38. The van der Waals surface area contributed by atoms with Crippen molar-refractivity contribution in [3.8, 4) is 0 Å². The Morgan fingerprint density at radius 1 is 1.45 bits per heavy atom. The minimum absolute atomic E-state index is 0.105. The van der Waals surface area contributed by atoms with Crippen LogP contribution in [0.3, 0.4) is 0 Å². The van der Waals surface area contributed by atoms with Gasteiger partial charge in [-0.2, -0.15) is 0 Å². The van der Waals surface area contributed by atoms with Crippen molar-refractivity contribution in [3.63, 3.8) is 0 Å². The zero-order valence-corrected chi connectivity index (χ0v) is 12.6. The van der Waals surface area contributed by atoms with Crippen LogP contribution in [0.4, 0.5) is 0 Å². The van der Waals surface area contributed by atoms with Crippen LogP contribution >= 0.6 is 11.3 Å². The van der Waals surface area contributed by atoms with E-state index in [2.05, 4.69) is 13.0 Å². The Morgan fingerprint density at radius 2 is 2.30 bits per heavy atom. The summed E-state index contributed by atoms with van der Waals surface area (Å²) in [6, 6.07) is 5.75. The Kier molecular flexibility index (Phi) is 3.76. The third-order valence-electron chi connectivity index (χ3n) is 4.01. The fourth-order valence-electron chi connectivity index (χ4n) is 3.05. The number of aryl methyl sites for hydroxylation is 1. The summed E-state index contributed by atoms with van der Waals surface area (Å²) in [5, 5.41) is 2.01. The molecular formula is C16H20N2OS. The van der Waals surface area contributed by atoms with Crippen LogP contribution in [0.25, 0.3) is 0 Å². The first-order valence-electron chi connectivity index (χ1n) is 7.26. The maximum absolute atomic E-state index is 12.7. The Balaban J connectivity index is 2.12. The summed E-state index contributed by atoms with van der Waals surface area (Å²) in [5.74, 6) is 0. The number of fused-ring (bicyclic) bond motifs is 1. The molecule has 0 aliphatic heterocycles. The number of rotatable bonds is 4. The number of aromatic nitrogens is 1. The van der Waals surface area contributed by atoms with Crippen LogP contribution in [-0.2, 0) is 19.4 Å². The van der Waals surface area contributed by atoms with E-state index in [0.29, 0.717) is 0 Å². The van der Waals surface area contributed by atoms with E-state index in [4.69, 9.17) is 5.73 Å². The number of nitrogens with zero attached hydrogens (tertiary/aromatic N) is 1. The van der Waals surface area contributed by atoms with E-state index < -0.39 is 0 Å². The predicted molar refractivity (Wildman–Crippen MR) is 83.4 cm³/mol. The molecule has 2 N–H and O–H groups in total. The molecule has 1 atom stereocenters. The molecule has 2 aromatic rings. The van der Waals surface area contributed by atoms with Crippen LogP contribution in [0, 0.1) is 0 Å². The summed E-state index contributed by atoms with van der Waals surface area (Å²) in [6.45, 7) is 2.91. The van der Waals surface area contributed by atoms with E-state index in [0.717, 1.165) is 42.7 Å². The topological polar surface area (TPSA) is 48.0 Å². The molecule has 0 radical (unpaired) electrons. The van der Waals surface area contributed by atoms with Crippen molar-refractivity contribution < 1.29 is 0 Å². The predicted octanol–water partition coefficient (Wildman–Crippen LogP) is 2.86. The Morgan fingerprint density at radius 3 is 3.00 bits per heavy atom. The van der Waals surface area contributed by atoms with Gasteiger partial charge in [0.05, 0.1) is 6.04 Å². The van der Waals surface area contributed by atoms with Crippen LogP contribution in [0.1, 0.15) is 47.5 Å². The average Bonchev–Trinajstić information content (AvgIpc) is 3.11. The standard InChI is InChI=1S/C16H20N2OS/c1-2-8-18-13-6-3-5-11(13)10-12(16(18)19)15(17)14-7-4-9-20-14/h4,7,9-10,15H,2-3,5-6,8,17H2,1H3. The smallest absolute Gasteiger partial charge is 0.255 e. The van der Waals surface area contributed by atoms with Crippen LogP contribution in [-0.4, -0.2) is 4.57 Å². The van der Waals surface area contributed by atoms with Gasteiger partial charge in [-0.25, -0.2) is 0 Å². The molecule has 0 amide bonds. The summed E-state index contributed by atoms with van der Waals surface area (Å²) in [6.07, 6.45) is 4.23. The zero-order valence-electron chi connectivity index (χ0n) is 11.8. The average molecular weight is 288 g/mol. The van der Waals surface area contributed by atoms with Gasteiger partial charge in [0.1, 0.15) is 0 Å². The van der Waals surface area contributed by atoms with Gasteiger partial charge in [-0.1, -0.05) is 13.0 Å². The van der Waals surface area contributed by atoms with Crippen molar-refractivity contribution in [3.05, 3.63) is 55.6 Å². The SMILES string of the molecule is CCCn1c2c(cc(C(N)c3cccs3)c1=O)CCC2. The highest BCUT2D eigenvalue weighted by Crippen LogP contribution is 2.27. The monoisotopic (exact) mass is 288 g/mol. The quantitative estimate of drug-likeness (QED) is 0.940. The van der Waals surface area contributed by atoms with Gasteiger partial charge in [0, 0.05) is 22.7 Å². The minimum atomic E-state index is -0.295. The molecule has 0 saturated carbocycles. The van der Waals surface area contributed by atoms with Gasteiger partial charge in [0.25, 0.3) is 5.56 Å². The summed E-state index contributed by atoms with van der Waals surface area (Å²) in [5.41, 5.74) is 9.73. The lowest BCUT2D eigenvalue weighted by molar-refractivity contribution is 0.613. The minimum Gasteiger partial charge on any atom is -0.319 e. The fourth-order valence-corrected chi connectivity index (χ4v) is 3.79. The van der Waals surface area contributed by atoms with E-state index >= 15 is 0 Å². The maximum Gasteiger partial charge on any atom is 0.255 e. The molecule has 2 heterocycles. The molecule has 4 heteroatoms. The molecule has 2 aromatic heterocycles. The van der Waals surface area contributed by atoms with Crippen molar-refractivity contribution in [1.82, 2.24) is 4.57 Å².